The number of rotatable bonds is 2. The number of alkyl halides is 3. The molecule has 0 saturated heterocycles. The van der Waals surface area contributed by atoms with Crippen LogP contribution in [0.2, 0.25) is 0 Å². The number of hydrogen-bond acceptors (Lipinski definition) is 5. The Morgan fingerprint density at radius 1 is 1.15 bits per heavy atom. The van der Waals surface area contributed by atoms with Gasteiger partial charge in [0.2, 0.25) is 0 Å². The van der Waals surface area contributed by atoms with Crippen molar-refractivity contribution in [2.45, 2.75) is 12.8 Å². The van der Waals surface area contributed by atoms with Crippen molar-refractivity contribution >= 4 is 23.1 Å². The highest BCUT2D eigenvalue weighted by atomic mass is 32.1. The van der Waals surface area contributed by atoms with Crippen LogP contribution < -0.4 is 19.8 Å². The van der Waals surface area contributed by atoms with Crippen molar-refractivity contribution in [1.29, 1.82) is 0 Å². The lowest BCUT2D eigenvalue weighted by atomic mass is 10.2. The Bertz CT molecular complexity index is 1150. The highest BCUT2D eigenvalue weighted by Gasteiger charge is 2.31. The van der Waals surface area contributed by atoms with Gasteiger partial charge in [-0.1, -0.05) is 17.4 Å². The zero-order chi connectivity index (χ0) is 19.0. The molecule has 9 heteroatoms. The van der Waals surface area contributed by atoms with Crippen molar-refractivity contribution in [3.05, 3.63) is 79.6 Å². The van der Waals surface area contributed by atoms with Crippen LogP contribution in [0.5, 0.6) is 0 Å². The predicted octanol–water partition coefficient (Wildman–Crippen LogP) is 2.21. The molecule has 0 bridgehead atoms. The Morgan fingerprint density at radius 2 is 1.93 bits per heavy atom. The first-order valence-corrected chi connectivity index (χ1v) is 8.81. The summed E-state index contributed by atoms with van der Waals surface area (Å²) in [5, 5.41) is 0. The highest BCUT2D eigenvalue weighted by molar-refractivity contribution is 7.07. The molecule has 0 amide bonds. The molecule has 0 radical (unpaired) electrons. The van der Waals surface area contributed by atoms with Crippen molar-refractivity contribution in [1.82, 2.24) is 9.55 Å². The van der Waals surface area contributed by atoms with Crippen LogP contribution in [0.15, 0.2) is 58.6 Å². The van der Waals surface area contributed by atoms with E-state index in [1.54, 1.807) is 41.6 Å². The van der Waals surface area contributed by atoms with E-state index in [1.807, 2.05) is 0 Å². The molecule has 0 atom stereocenters. The van der Waals surface area contributed by atoms with E-state index in [0.29, 0.717) is 15.0 Å². The van der Waals surface area contributed by atoms with Gasteiger partial charge < -0.3 is 4.90 Å². The van der Waals surface area contributed by atoms with Crippen LogP contribution in [-0.4, -0.2) is 16.2 Å². The van der Waals surface area contributed by atoms with Gasteiger partial charge in [-0.25, -0.2) is 4.99 Å². The van der Waals surface area contributed by atoms with E-state index in [-0.39, 0.29) is 18.9 Å². The van der Waals surface area contributed by atoms with Gasteiger partial charge in [-0.2, -0.15) is 13.2 Å². The molecule has 0 aliphatic carbocycles. The average molecular weight is 390 g/mol. The largest absolute Gasteiger partial charge is 0.416 e. The van der Waals surface area contributed by atoms with E-state index in [0.717, 1.165) is 17.7 Å². The molecule has 0 fully saturated rings. The summed E-state index contributed by atoms with van der Waals surface area (Å²) in [4.78, 5) is 23.2. The second-order valence-electron chi connectivity index (χ2n) is 5.94. The first-order chi connectivity index (χ1) is 12.9. The lowest BCUT2D eigenvalue weighted by Gasteiger charge is -2.26. The van der Waals surface area contributed by atoms with E-state index in [9.17, 15) is 18.0 Å². The van der Waals surface area contributed by atoms with Gasteiger partial charge in [-0.15, -0.1) is 0 Å². The Kier molecular flexibility index (Phi) is 4.31. The molecule has 2 aromatic heterocycles. The quantitative estimate of drug-likeness (QED) is 0.674. The number of benzene rings is 1. The Labute approximate surface area is 155 Å². The number of hydrogen-bond donors (Lipinski definition) is 0. The summed E-state index contributed by atoms with van der Waals surface area (Å²) < 4.78 is 40.8. The van der Waals surface area contributed by atoms with E-state index in [1.165, 1.54) is 22.0 Å². The van der Waals surface area contributed by atoms with Crippen LogP contribution in [0.1, 0.15) is 11.1 Å². The normalized spacial score (nSPS) is 14.8. The molecule has 0 spiro atoms. The van der Waals surface area contributed by atoms with Gasteiger partial charge >= 0.3 is 6.18 Å². The number of thiazole rings is 1. The van der Waals surface area contributed by atoms with Gasteiger partial charge in [0.05, 0.1) is 10.1 Å². The summed E-state index contributed by atoms with van der Waals surface area (Å²) in [5.74, 6) is 0. The van der Waals surface area contributed by atoms with Gasteiger partial charge in [0, 0.05) is 18.1 Å². The predicted molar refractivity (Wildman–Crippen MR) is 96.0 cm³/mol. The monoisotopic (exact) mass is 390 g/mol. The molecule has 1 aromatic carbocycles. The second-order valence-corrected chi connectivity index (χ2v) is 6.94. The van der Waals surface area contributed by atoms with Gasteiger partial charge in [0.15, 0.2) is 4.80 Å². The minimum atomic E-state index is -4.42. The first kappa shape index (κ1) is 17.5. The highest BCUT2D eigenvalue weighted by Crippen LogP contribution is 2.31. The average Bonchev–Trinajstić information content (AvgIpc) is 2.97. The third-order valence-electron chi connectivity index (χ3n) is 4.12. The lowest BCUT2D eigenvalue weighted by molar-refractivity contribution is -0.137. The number of aromatic nitrogens is 2. The van der Waals surface area contributed by atoms with Crippen LogP contribution in [0, 0.1) is 0 Å². The molecule has 5 nitrogen and oxygen atoms in total. The summed E-state index contributed by atoms with van der Waals surface area (Å²) in [5.41, 5.74) is 0.274. The molecule has 27 heavy (non-hydrogen) atoms. The smallest absolute Gasteiger partial charge is 0.334 e. The fourth-order valence-electron chi connectivity index (χ4n) is 2.77. The van der Waals surface area contributed by atoms with Crippen LogP contribution in [0.3, 0.4) is 0 Å². The van der Waals surface area contributed by atoms with E-state index in [2.05, 4.69) is 9.98 Å². The summed E-state index contributed by atoms with van der Waals surface area (Å²) in [6, 6.07) is 8.60. The van der Waals surface area contributed by atoms with E-state index >= 15 is 0 Å². The molecular formula is C18H13F3N4OS. The SMILES string of the molecule is O=c1c(=Cc2ccncc2)sc2n1CN(c1cccc(C(F)(F)F)c1)CN=2. The minimum absolute atomic E-state index is 0.152. The molecule has 4 rings (SSSR count). The maximum atomic E-state index is 12.9. The topological polar surface area (TPSA) is 50.5 Å². The number of halogens is 3. The number of anilines is 1. The standard InChI is InChI=1S/C18H13F3N4OS/c19-18(20,21)13-2-1-3-14(9-13)24-10-23-17-25(11-24)16(26)15(27-17)8-12-4-6-22-7-5-12/h1-9H,10-11H2. The zero-order valence-corrected chi connectivity index (χ0v) is 14.7. The molecule has 3 aromatic rings. The Balaban J connectivity index is 1.69. The molecule has 138 valence electrons. The molecule has 1 aliphatic rings. The van der Waals surface area contributed by atoms with Crippen molar-refractivity contribution < 1.29 is 13.2 Å². The fraction of sp³-hybridized carbons (Fsp3) is 0.167. The maximum Gasteiger partial charge on any atom is 0.416 e. The second kappa shape index (κ2) is 6.66. The Hall–Kier alpha value is -2.94. The summed E-state index contributed by atoms with van der Waals surface area (Å²) in [6.07, 6.45) is 0.609. The molecule has 0 N–H and O–H groups in total. The third kappa shape index (κ3) is 3.50. The number of fused-ring (bicyclic) bond motifs is 1. The van der Waals surface area contributed by atoms with Crippen LogP contribution >= 0.6 is 11.3 Å². The number of nitrogens with zero attached hydrogens (tertiary/aromatic N) is 4. The van der Waals surface area contributed by atoms with Crippen molar-refractivity contribution in [3.8, 4) is 0 Å². The molecule has 1 aliphatic heterocycles. The number of pyridine rings is 1. The molecule has 0 saturated carbocycles. The van der Waals surface area contributed by atoms with Gasteiger partial charge in [0.25, 0.3) is 5.56 Å². The van der Waals surface area contributed by atoms with Gasteiger partial charge in [-0.3, -0.25) is 14.3 Å². The summed E-state index contributed by atoms with van der Waals surface area (Å²) in [6.45, 7) is 0.343. The van der Waals surface area contributed by atoms with Crippen LogP contribution in [0.4, 0.5) is 18.9 Å². The van der Waals surface area contributed by atoms with Crippen molar-refractivity contribution in [2.75, 3.05) is 11.6 Å². The maximum absolute atomic E-state index is 12.9. The summed E-state index contributed by atoms with van der Waals surface area (Å²) >= 11 is 1.26. The van der Waals surface area contributed by atoms with Crippen molar-refractivity contribution in [2.24, 2.45) is 4.99 Å². The van der Waals surface area contributed by atoms with Crippen LogP contribution in [0.25, 0.3) is 6.08 Å². The zero-order valence-electron chi connectivity index (χ0n) is 13.8. The summed E-state index contributed by atoms with van der Waals surface area (Å²) in [7, 11) is 0. The van der Waals surface area contributed by atoms with Crippen LogP contribution in [-0.2, 0) is 12.8 Å². The van der Waals surface area contributed by atoms with E-state index in [4.69, 9.17) is 0 Å². The lowest BCUT2D eigenvalue weighted by Crippen LogP contribution is -2.42. The minimum Gasteiger partial charge on any atom is -0.334 e. The van der Waals surface area contributed by atoms with Gasteiger partial charge in [0.1, 0.15) is 13.3 Å². The third-order valence-corrected chi connectivity index (χ3v) is 5.16. The first-order valence-electron chi connectivity index (χ1n) is 8.00. The molecular weight excluding hydrogens is 377 g/mol. The van der Waals surface area contributed by atoms with Crippen molar-refractivity contribution in [3.63, 3.8) is 0 Å². The fourth-order valence-corrected chi connectivity index (χ4v) is 3.73. The Morgan fingerprint density at radius 3 is 2.67 bits per heavy atom. The molecule has 0 unspecified atom stereocenters. The van der Waals surface area contributed by atoms with Gasteiger partial charge in [-0.05, 0) is 42.0 Å². The molecule has 3 heterocycles. The van der Waals surface area contributed by atoms with E-state index < -0.39 is 11.7 Å².